The van der Waals surface area contributed by atoms with Gasteiger partial charge in [0, 0.05) is 5.41 Å². The van der Waals surface area contributed by atoms with E-state index in [-0.39, 0.29) is 11.4 Å². The molecule has 1 unspecified atom stereocenters. The molecule has 166 valence electrons. The summed E-state index contributed by atoms with van der Waals surface area (Å²) in [7, 11) is 0. The molecule has 1 aromatic rings. The van der Waals surface area contributed by atoms with Crippen LogP contribution in [0.4, 0.5) is 0 Å². The topological polar surface area (TPSA) is 26.3 Å². The quantitative estimate of drug-likeness (QED) is 0.193. The number of hydrogen-bond acceptors (Lipinski definition) is 2. The number of esters is 1. The van der Waals surface area contributed by atoms with Crippen LogP contribution in [0.25, 0.3) is 0 Å². The Morgan fingerprint density at radius 2 is 1.31 bits per heavy atom. The van der Waals surface area contributed by atoms with Crippen LogP contribution in [0.1, 0.15) is 127 Å². The molecule has 29 heavy (non-hydrogen) atoms. The summed E-state index contributed by atoms with van der Waals surface area (Å²) in [5.74, 6) is -0.171. The average Bonchev–Trinajstić information content (AvgIpc) is 2.74. The first-order valence-corrected chi connectivity index (χ1v) is 12.3. The maximum atomic E-state index is 12.6. The third kappa shape index (κ3) is 11.5. The van der Waals surface area contributed by atoms with Crippen molar-refractivity contribution in [3.8, 4) is 0 Å². The summed E-state index contributed by atoms with van der Waals surface area (Å²) < 4.78 is 5.77. The molecule has 0 fully saturated rings. The molecule has 2 heteroatoms. The Kier molecular flexibility index (Phi) is 13.8. The predicted molar refractivity (Wildman–Crippen MR) is 126 cm³/mol. The van der Waals surface area contributed by atoms with Gasteiger partial charge in [-0.05, 0) is 43.4 Å². The van der Waals surface area contributed by atoms with Crippen LogP contribution in [0.5, 0.6) is 0 Å². The van der Waals surface area contributed by atoms with E-state index in [1.54, 1.807) is 0 Å². The molecular weight excluding hydrogens is 356 g/mol. The van der Waals surface area contributed by atoms with E-state index in [2.05, 4.69) is 39.8 Å². The Balaban J connectivity index is 2.48. The second-order valence-corrected chi connectivity index (χ2v) is 9.16. The van der Waals surface area contributed by atoms with Gasteiger partial charge in [-0.25, -0.2) is 4.79 Å². The normalized spacial score (nSPS) is 13.2. The highest BCUT2D eigenvalue weighted by molar-refractivity contribution is 5.89. The average molecular weight is 403 g/mol. The smallest absolute Gasteiger partial charge is 0.338 e. The standard InChI is InChI=1S/C27H46O2/c1-5-8-11-13-14-16-24-17-19-25(20-18-24)26(28)29-23-27(4,21-10-7-3)22-15-12-9-6-2/h17-20H,5-16,21-23H2,1-4H3. The summed E-state index contributed by atoms with van der Waals surface area (Å²) in [5, 5.41) is 0. The van der Waals surface area contributed by atoms with Crippen molar-refractivity contribution < 1.29 is 9.53 Å². The fourth-order valence-electron chi connectivity index (χ4n) is 3.91. The molecule has 0 aliphatic rings. The highest BCUT2D eigenvalue weighted by atomic mass is 16.5. The molecule has 0 N–H and O–H groups in total. The first-order chi connectivity index (χ1) is 14.0. The molecule has 0 aromatic heterocycles. The number of carbonyl (C=O) groups excluding carboxylic acids is 1. The van der Waals surface area contributed by atoms with Gasteiger partial charge in [0.15, 0.2) is 0 Å². The van der Waals surface area contributed by atoms with Crippen LogP contribution in [0, 0.1) is 5.41 Å². The third-order valence-corrected chi connectivity index (χ3v) is 6.08. The van der Waals surface area contributed by atoms with Gasteiger partial charge in [0.1, 0.15) is 0 Å². The maximum absolute atomic E-state index is 12.6. The zero-order valence-electron chi connectivity index (χ0n) is 19.7. The third-order valence-electron chi connectivity index (χ3n) is 6.08. The molecule has 0 heterocycles. The Bertz CT molecular complexity index is 534. The molecule has 0 aliphatic heterocycles. The molecule has 0 spiro atoms. The van der Waals surface area contributed by atoms with Gasteiger partial charge in [0.05, 0.1) is 12.2 Å². The molecule has 0 saturated carbocycles. The van der Waals surface area contributed by atoms with Crippen molar-refractivity contribution >= 4 is 5.97 Å². The monoisotopic (exact) mass is 402 g/mol. The van der Waals surface area contributed by atoms with Crippen molar-refractivity contribution in [1.29, 1.82) is 0 Å². The van der Waals surface area contributed by atoms with Crippen LogP contribution >= 0.6 is 0 Å². The Morgan fingerprint density at radius 1 is 0.759 bits per heavy atom. The van der Waals surface area contributed by atoms with Gasteiger partial charge in [-0.3, -0.25) is 0 Å². The maximum Gasteiger partial charge on any atom is 0.338 e. The van der Waals surface area contributed by atoms with E-state index >= 15 is 0 Å². The Hall–Kier alpha value is -1.31. The van der Waals surface area contributed by atoms with Crippen LogP contribution < -0.4 is 0 Å². The number of benzene rings is 1. The summed E-state index contributed by atoms with van der Waals surface area (Å²) in [6, 6.07) is 8.07. The minimum absolute atomic E-state index is 0.109. The number of aryl methyl sites for hydroxylation is 1. The van der Waals surface area contributed by atoms with Gasteiger partial charge in [-0.2, -0.15) is 0 Å². The molecule has 1 aromatic carbocycles. The first kappa shape index (κ1) is 25.7. The molecule has 0 radical (unpaired) electrons. The summed E-state index contributed by atoms with van der Waals surface area (Å²) in [5.41, 5.74) is 2.11. The second-order valence-electron chi connectivity index (χ2n) is 9.16. The van der Waals surface area contributed by atoms with Gasteiger partial charge >= 0.3 is 5.97 Å². The molecule has 0 bridgehead atoms. The van der Waals surface area contributed by atoms with E-state index in [1.807, 2.05) is 12.1 Å². The van der Waals surface area contributed by atoms with E-state index in [9.17, 15) is 4.79 Å². The van der Waals surface area contributed by atoms with Crippen molar-refractivity contribution in [2.45, 2.75) is 118 Å². The van der Waals surface area contributed by atoms with Crippen LogP contribution in [-0.4, -0.2) is 12.6 Å². The second kappa shape index (κ2) is 15.5. The summed E-state index contributed by atoms with van der Waals surface area (Å²) in [4.78, 5) is 12.6. The number of ether oxygens (including phenoxy) is 1. The fraction of sp³-hybridized carbons (Fsp3) is 0.741. The summed E-state index contributed by atoms with van der Waals surface area (Å²) in [6.45, 7) is 9.56. The van der Waals surface area contributed by atoms with E-state index in [0.29, 0.717) is 12.2 Å². The van der Waals surface area contributed by atoms with Crippen molar-refractivity contribution in [2.75, 3.05) is 6.61 Å². The van der Waals surface area contributed by atoms with Gasteiger partial charge < -0.3 is 4.74 Å². The first-order valence-electron chi connectivity index (χ1n) is 12.3. The number of carbonyl (C=O) groups is 1. The number of hydrogen-bond donors (Lipinski definition) is 0. The summed E-state index contributed by atoms with van der Waals surface area (Å²) in [6.07, 6.45) is 17.3. The van der Waals surface area contributed by atoms with Gasteiger partial charge in [0.25, 0.3) is 0 Å². The Morgan fingerprint density at radius 3 is 1.93 bits per heavy atom. The fourth-order valence-corrected chi connectivity index (χ4v) is 3.91. The predicted octanol–water partition coefficient (Wildman–Crippen LogP) is 8.52. The molecule has 1 atom stereocenters. The largest absolute Gasteiger partial charge is 0.462 e. The molecule has 2 nitrogen and oxygen atoms in total. The van der Waals surface area contributed by atoms with E-state index in [1.165, 1.54) is 76.2 Å². The zero-order valence-corrected chi connectivity index (χ0v) is 19.7. The van der Waals surface area contributed by atoms with Crippen molar-refractivity contribution in [3.63, 3.8) is 0 Å². The van der Waals surface area contributed by atoms with Gasteiger partial charge in [-0.1, -0.05) is 104 Å². The van der Waals surface area contributed by atoms with Gasteiger partial charge in [0.2, 0.25) is 0 Å². The van der Waals surface area contributed by atoms with E-state index < -0.39 is 0 Å². The molecule has 0 saturated heterocycles. The highest BCUT2D eigenvalue weighted by Gasteiger charge is 2.25. The minimum atomic E-state index is -0.171. The minimum Gasteiger partial charge on any atom is -0.462 e. The SMILES string of the molecule is CCCCCCCc1ccc(C(=O)OCC(C)(CCCC)CCCCCC)cc1. The van der Waals surface area contributed by atoms with Crippen LogP contribution in [0.2, 0.25) is 0 Å². The molecule has 0 amide bonds. The Labute approximate surface area is 180 Å². The molecule has 0 aliphatic carbocycles. The lowest BCUT2D eigenvalue weighted by Gasteiger charge is -2.29. The van der Waals surface area contributed by atoms with Crippen molar-refractivity contribution in [2.24, 2.45) is 5.41 Å². The van der Waals surface area contributed by atoms with Crippen LogP contribution in [0.15, 0.2) is 24.3 Å². The zero-order chi connectivity index (χ0) is 21.4. The number of unbranched alkanes of at least 4 members (excludes halogenated alkanes) is 8. The molecular formula is C27H46O2. The van der Waals surface area contributed by atoms with Crippen molar-refractivity contribution in [3.05, 3.63) is 35.4 Å². The van der Waals surface area contributed by atoms with Crippen LogP contribution in [-0.2, 0) is 11.2 Å². The lowest BCUT2D eigenvalue weighted by molar-refractivity contribution is 0.0265. The lowest BCUT2D eigenvalue weighted by Crippen LogP contribution is -2.25. The van der Waals surface area contributed by atoms with E-state index in [4.69, 9.17) is 4.74 Å². The molecule has 1 rings (SSSR count). The summed E-state index contributed by atoms with van der Waals surface area (Å²) >= 11 is 0. The van der Waals surface area contributed by atoms with Crippen molar-refractivity contribution in [1.82, 2.24) is 0 Å². The lowest BCUT2D eigenvalue weighted by atomic mass is 9.80. The van der Waals surface area contributed by atoms with E-state index in [0.717, 1.165) is 19.3 Å². The van der Waals surface area contributed by atoms with Crippen LogP contribution in [0.3, 0.4) is 0 Å². The van der Waals surface area contributed by atoms with Gasteiger partial charge in [-0.15, -0.1) is 0 Å². The highest BCUT2D eigenvalue weighted by Crippen LogP contribution is 2.31. The number of rotatable bonds is 17.